The minimum Gasteiger partial charge on any atom is -0.493 e. The Bertz CT molecular complexity index is 1200. The zero-order valence-corrected chi connectivity index (χ0v) is 18.2. The molecule has 32 heavy (non-hydrogen) atoms. The van der Waals surface area contributed by atoms with Crippen LogP contribution in [0, 0.1) is 6.92 Å². The Balaban J connectivity index is 1.66. The summed E-state index contributed by atoms with van der Waals surface area (Å²) in [5.41, 5.74) is 3.83. The fourth-order valence-corrected chi connectivity index (χ4v) is 4.11. The number of halogens is 2. The summed E-state index contributed by atoms with van der Waals surface area (Å²) in [6.07, 6.45) is 3.43. The van der Waals surface area contributed by atoms with Gasteiger partial charge >= 0.3 is 6.61 Å². The number of rotatable bonds is 8. The van der Waals surface area contributed by atoms with Gasteiger partial charge in [0.25, 0.3) is 0 Å². The predicted octanol–water partition coefficient (Wildman–Crippen LogP) is 5.54. The summed E-state index contributed by atoms with van der Waals surface area (Å²) in [6.45, 7) is -0.879. The molecular weight excluding hydrogens is 434 g/mol. The van der Waals surface area contributed by atoms with E-state index in [0.29, 0.717) is 16.7 Å². The number of aromatic nitrogens is 4. The maximum atomic E-state index is 12.6. The topological polar surface area (TPSA) is 62.1 Å². The lowest BCUT2D eigenvalue weighted by Gasteiger charge is -2.13. The van der Waals surface area contributed by atoms with Crippen LogP contribution < -0.4 is 9.47 Å². The lowest BCUT2D eigenvalue weighted by molar-refractivity contribution is -0.0512. The van der Waals surface area contributed by atoms with Crippen molar-refractivity contribution >= 4 is 11.8 Å². The second kappa shape index (κ2) is 9.78. The molecule has 0 amide bonds. The molecule has 0 aliphatic heterocycles. The third-order valence-corrected chi connectivity index (χ3v) is 5.74. The number of nitrogens with zero attached hydrogens (tertiary/aromatic N) is 4. The van der Waals surface area contributed by atoms with E-state index in [4.69, 9.17) is 4.74 Å². The van der Waals surface area contributed by atoms with Crippen molar-refractivity contribution in [2.75, 3.05) is 7.11 Å². The first-order chi connectivity index (χ1) is 15.6. The average Bonchev–Trinajstić information content (AvgIpc) is 3.22. The number of pyridine rings is 1. The van der Waals surface area contributed by atoms with E-state index >= 15 is 0 Å². The average molecular weight is 455 g/mol. The molecule has 0 saturated carbocycles. The number of ether oxygens (including phenoxy) is 2. The van der Waals surface area contributed by atoms with E-state index < -0.39 is 6.61 Å². The van der Waals surface area contributed by atoms with Gasteiger partial charge in [-0.1, -0.05) is 36.0 Å². The predicted molar refractivity (Wildman–Crippen MR) is 119 cm³/mol. The van der Waals surface area contributed by atoms with Gasteiger partial charge in [-0.25, -0.2) is 0 Å². The van der Waals surface area contributed by atoms with Crippen molar-refractivity contribution in [2.45, 2.75) is 24.4 Å². The highest BCUT2D eigenvalue weighted by atomic mass is 32.2. The van der Waals surface area contributed by atoms with Crippen LogP contribution in [0.3, 0.4) is 0 Å². The molecule has 0 aliphatic carbocycles. The van der Waals surface area contributed by atoms with Crippen molar-refractivity contribution in [3.63, 3.8) is 0 Å². The molecule has 0 saturated heterocycles. The number of hydrogen-bond donors (Lipinski definition) is 0. The Labute approximate surface area is 188 Å². The molecule has 0 spiro atoms. The molecule has 4 aromatic rings. The lowest BCUT2D eigenvalue weighted by Crippen LogP contribution is -2.04. The van der Waals surface area contributed by atoms with Crippen molar-refractivity contribution in [1.82, 2.24) is 19.7 Å². The molecule has 0 N–H and O–H groups in total. The summed E-state index contributed by atoms with van der Waals surface area (Å²) >= 11 is 1.49. The molecule has 0 aliphatic rings. The van der Waals surface area contributed by atoms with Gasteiger partial charge in [0.05, 0.1) is 12.8 Å². The van der Waals surface area contributed by atoms with Crippen LogP contribution in [0.1, 0.15) is 11.1 Å². The Morgan fingerprint density at radius 2 is 1.78 bits per heavy atom. The highest BCUT2D eigenvalue weighted by Crippen LogP contribution is 2.34. The number of hydrogen-bond acceptors (Lipinski definition) is 6. The molecule has 0 atom stereocenters. The van der Waals surface area contributed by atoms with Gasteiger partial charge in [-0.2, -0.15) is 8.78 Å². The molecule has 0 fully saturated rings. The van der Waals surface area contributed by atoms with Crippen LogP contribution in [0.4, 0.5) is 8.78 Å². The van der Waals surface area contributed by atoms with Gasteiger partial charge in [-0.05, 0) is 48.4 Å². The molecule has 2 heterocycles. The first-order valence-electron chi connectivity index (χ1n) is 9.73. The van der Waals surface area contributed by atoms with E-state index in [1.54, 1.807) is 24.5 Å². The van der Waals surface area contributed by atoms with E-state index in [2.05, 4.69) is 19.9 Å². The van der Waals surface area contributed by atoms with Gasteiger partial charge < -0.3 is 9.47 Å². The molecule has 164 valence electrons. The second-order valence-electron chi connectivity index (χ2n) is 6.82. The van der Waals surface area contributed by atoms with Crippen LogP contribution in [0.2, 0.25) is 0 Å². The molecule has 0 unspecified atom stereocenters. The fourth-order valence-electron chi connectivity index (χ4n) is 3.23. The van der Waals surface area contributed by atoms with Crippen LogP contribution >= 0.6 is 11.8 Å². The quantitative estimate of drug-likeness (QED) is 0.326. The Morgan fingerprint density at radius 3 is 2.50 bits per heavy atom. The minimum absolute atomic E-state index is 0.000648. The smallest absolute Gasteiger partial charge is 0.387 e. The Kier molecular flexibility index (Phi) is 6.65. The van der Waals surface area contributed by atoms with E-state index in [1.165, 1.54) is 24.9 Å². The van der Waals surface area contributed by atoms with Crippen LogP contribution in [0.15, 0.2) is 72.1 Å². The van der Waals surface area contributed by atoms with Crippen molar-refractivity contribution < 1.29 is 18.3 Å². The SMILES string of the molecule is COc1cc(CSc2nnc(-c3ccncc3)n2-c2ccccc2C)ccc1OC(F)F. The van der Waals surface area contributed by atoms with Crippen molar-refractivity contribution in [2.24, 2.45) is 0 Å². The van der Waals surface area contributed by atoms with Gasteiger partial charge in [0, 0.05) is 23.7 Å². The molecule has 9 heteroatoms. The summed E-state index contributed by atoms with van der Waals surface area (Å²) in [5.74, 6) is 1.49. The number of para-hydroxylation sites is 1. The fraction of sp³-hybridized carbons (Fsp3) is 0.174. The number of benzene rings is 2. The van der Waals surface area contributed by atoms with Crippen molar-refractivity contribution in [1.29, 1.82) is 0 Å². The molecular formula is C23H20F2N4O2S. The second-order valence-corrected chi connectivity index (χ2v) is 7.76. The standard InChI is InChI=1S/C23H20F2N4O2S/c1-15-5-3-4-6-18(15)29-21(17-9-11-26-12-10-17)27-28-23(29)32-14-16-7-8-19(31-22(24)25)20(13-16)30-2/h3-13,22H,14H2,1-2H3. The summed E-state index contributed by atoms with van der Waals surface area (Å²) in [4.78, 5) is 4.08. The lowest BCUT2D eigenvalue weighted by atomic mass is 10.2. The van der Waals surface area contributed by atoms with E-state index in [0.717, 1.165) is 22.4 Å². The largest absolute Gasteiger partial charge is 0.493 e. The first kappa shape index (κ1) is 21.8. The normalized spacial score (nSPS) is 11.0. The molecule has 2 aromatic carbocycles. The summed E-state index contributed by atoms with van der Waals surface area (Å²) in [5, 5.41) is 9.56. The zero-order chi connectivity index (χ0) is 22.5. The van der Waals surface area contributed by atoms with Crippen LogP contribution in [-0.4, -0.2) is 33.5 Å². The van der Waals surface area contributed by atoms with Crippen molar-refractivity contribution in [3.8, 4) is 28.6 Å². The highest BCUT2D eigenvalue weighted by molar-refractivity contribution is 7.98. The first-order valence-corrected chi connectivity index (χ1v) is 10.7. The monoisotopic (exact) mass is 454 g/mol. The number of aryl methyl sites for hydroxylation is 1. The van der Waals surface area contributed by atoms with Crippen molar-refractivity contribution in [3.05, 3.63) is 78.1 Å². The van der Waals surface area contributed by atoms with E-state index in [1.807, 2.05) is 47.9 Å². The summed E-state index contributed by atoms with van der Waals surface area (Å²) < 4.78 is 36.9. The van der Waals surface area contributed by atoms with Gasteiger partial charge in [0.1, 0.15) is 0 Å². The number of alkyl halides is 2. The van der Waals surface area contributed by atoms with E-state index in [9.17, 15) is 8.78 Å². The van der Waals surface area contributed by atoms with E-state index in [-0.39, 0.29) is 11.5 Å². The minimum atomic E-state index is -2.91. The third-order valence-electron chi connectivity index (χ3n) is 4.74. The van der Waals surface area contributed by atoms with Gasteiger partial charge in [-0.3, -0.25) is 9.55 Å². The molecule has 0 bridgehead atoms. The Hall–Kier alpha value is -3.46. The summed E-state index contributed by atoms with van der Waals surface area (Å²) in [7, 11) is 1.42. The number of methoxy groups -OCH3 is 1. The maximum absolute atomic E-state index is 12.6. The maximum Gasteiger partial charge on any atom is 0.387 e. The van der Waals surface area contributed by atoms with Gasteiger partial charge in [0.15, 0.2) is 22.5 Å². The van der Waals surface area contributed by atoms with Gasteiger partial charge in [0.2, 0.25) is 0 Å². The zero-order valence-electron chi connectivity index (χ0n) is 17.4. The highest BCUT2D eigenvalue weighted by Gasteiger charge is 2.18. The summed E-state index contributed by atoms with van der Waals surface area (Å²) in [6, 6.07) is 16.7. The Morgan fingerprint density at radius 1 is 1.00 bits per heavy atom. The van der Waals surface area contributed by atoms with Crippen LogP contribution in [-0.2, 0) is 5.75 Å². The molecule has 0 radical (unpaired) electrons. The van der Waals surface area contributed by atoms with Crippen LogP contribution in [0.5, 0.6) is 11.5 Å². The third kappa shape index (κ3) is 4.72. The molecule has 4 rings (SSSR count). The number of thioether (sulfide) groups is 1. The molecule has 6 nitrogen and oxygen atoms in total. The van der Waals surface area contributed by atoms with Crippen LogP contribution in [0.25, 0.3) is 17.1 Å². The molecule has 2 aromatic heterocycles. The van der Waals surface area contributed by atoms with Gasteiger partial charge in [-0.15, -0.1) is 10.2 Å².